The summed E-state index contributed by atoms with van der Waals surface area (Å²) >= 11 is 0. The Balaban J connectivity index is 2.36. The lowest BCUT2D eigenvalue weighted by Gasteiger charge is -2.26. The number of sulfonamides is 1. The first kappa shape index (κ1) is 15.3. The Hall–Kier alpha value is -1.12. The van der Waals surface area contributed by atoms with Gasteiger partial charge in [-0.2, -0.15) is 17.5 Å². The van der Waals surface area contributed by atoms with E-state index in [4.69, 9.17) is 4.74 Å². The standard InChI is InChI=1S/C12H14F3NO3S/c1-9-8-10(2-3-11(9)12(13,14)15)20(17,18)16-4-6-19-7-5-16/h2-3,8H,4-7H2,1H3. The van der Waals surface area contributed by atoms with E-state index in [1.54, 1.807) is 0 Å². The Morgan fingerprint density at radius 3 is 2.30 bits per heavy atom. The van der Waals surface area contributed by atoms with Crippen LogP contribution in [-0.2, 0) is 20.9 Å². The highest BCUT2D eigenvalue weighted by Gasteiger charge is 2.34. The van der Waals surface area contributed by atoms with Crippen molar-refractivity contribution >= 4 is 10.0 Å². The molecule has 0 amide bonds. The molecule has 1 aliphatic heterocycles. The quantitative estimate of drug-likeness (QED) is 0.840. The van der Waals surface area contributed by atoms with Crippen LogP contribution < -0.4 is 0 Å². The molecule has 0 aliphatic carbocycles. The van der Waals surface area contributed by atoms with Crippen molar-refractivity contribution in [2.24, 2.45) is 0 Å². The van der Waals surface area contributed by atoms with Crippen LogP contribution in [0.25, 0.3) is 0 Å². The number of hydrogen-bond donors (Lipinski definition) is 0. The molecule has 0 bridgehead atoms. The summed E-state index contributed by atoms with van der Waals surface area (Å²) in [5, 5.41) is 0. The summed E-state index contributed by atoms with van der Waals surface area (Å²) in [7, 11) is -3.76. The van der Waals surface area contributed by atoms with Gasteiger partial charge in [-0.15, -0.1) is 0 Å². The number of morpholine rings is 1. The first-order valence-electron chi connectivity index (χ1n) is 5.98. The topological polar surface area (TPSA) is 46.6 Å². The monoisotopic (exact) mass is 309 g/mol. The molecule has 1 saturated heterocycles. The van der Waals surface area contributed by atoms with Gasteiger partial charge in [0.05, 0.1) is 23.7 Å². The van der Waals surface area contributed by atoms with Crippen LogP contribution in [-0.4, -0.2) is 39.0 Å². The van der Waals surface area contributed by atoms with Gasteiger partial charge >= 0.3 is 6.18 Å². The molecule has 0 aromatic heterocycles. The van der Waals surface area contributed by atoms with Crippen LogP contribution in [0.1, 0.15) is 11.1 Å². The van der Waals surface area contributed by atoms with Gasteiger partial charge in [0, 0.05) is 13.1 Å². The van der Waals surface area contributed by atoms with Crippen LogP contribution in [0, 0.1) is 6.92 Å². The van der Waals surface area contributed by atoms with E-state index < -0.39 is 21.8 Å². The van der Waals surface area contributed by atoms with Crippen molar-refractivity contribution in [3.05, 3.63) is 29.3 Å². The van der Waals surface area contributed by atoms with Crippen LogP contribution in [0.3, 0.4) is 0 Å². The van der Waals surface area contributed by atoms with Crippen LogP contribution >= 0.6 is 0 Å². The van der Waals surface area contributed by atoms with Crippen LogP contribution in [0.4, 0.5) is 13.2 Å². The van der Waals surface area contributed by atoms with E-state index in [9.17, 15) is 21.6 Å². The molecule has 1 aromatic carbocycles. The molecule has 2 rings (SSSR count). The first-order chi connectivity index (χ1) is 9.23. The number of rotatable bonds is 2. The normalized spacial score (nSPS) is 18.2. The summed E-state index contributed by atoms with van der Waals surface area (Å²) in [4.78, 5) is -0.120. The molecule has 1 heterocycles. The Morgan fingerprint density at radius 1 is 1.20 bits per heavy atom. The van der Waals surface area contributed by atoms with E-state index in [1.807, 2.05) is 0 Å². The van der Waals surface area contributed by atoms with Gasteiger partial charge in [0.1, 0.15) is 0 Å². The zero-order chi connectivity index (χ0) is 15.0. The van der Waals surface area contributed by atoms with Gasteiger partial charge in [0.2, 0.25) is 10.0 Å². The minimum absolute atomic E-state index is 0.105. The summed E-state index contributed by atoms with van der Waals surface area (Å²) < 4.78 is 68.8. The molecular formula is C12H14F3NO3S. The Kier molecular flexibility index (Phi) is 4.08. The molecule has 4 nitrogen and oxygen atoms in total. The molecule has 0 saturated carbocycles. The van der Waals surface area contributed by atoms with E-state index in [-0.39, 0.29) is 23.5 Å². The fourth-order valence-electron chi connectivity index (χ4n) is 2.05. The highest BCUT2D eigenvalue weighted by Crippen LogP contribution is 2.33. The summed E-state index contributed by atoms with van der Waals surface area (Å²) in [6.07, 6.45) is -4.48. The highest BCUT2D eigenvalue weighted by molar-refractivity contribution is 7.89. The minimum Gasteiger partial charge on any atom is -0.379 e. The molecule has 0 radical (unpaired) electrons. The average molecular weight is 309 g/mol. The third-order valence-corrected chi connectivity index (χ3v) is 5.01. The molecule has 1 aromatic rings. The molecule has 0 unspecified atom stereocenters. The largest absolute Gasteiger partial charge is 0.416 e. The molecule has 0 N–H and O–H groups in total. The van der Waals surface area contributed by atoms with Gasteiger partial charge in [0.15, 0.2) is 0 Å². The Labute approximate surface area is 115 Å². The maximum atomic E-state index is 12.7. The van der Waals surface area contributed by atoms with Crippen LogP contribution in [0.5, 0.6) is 0 Å². The van der Waals surface area contributed by atoms with Gasteiger partial charge < -0.3 is 4.74 Å². The molecule has 1 aliphatic rings. The number of hydrogen-bond acceptors (Lipinski definition) is 3. The number of alkyl halides is 3. The van der Waals surface area contributed by atoms with Gasteiger partial charge in [0.25, 0.3) is 0 Å². The SMILES string of the molecule is Cc1cc(S(=O)(=O)N2CCOCC2)ccc1C(F)(F)F. The molecule has 20 heavy (non-hydrogen) atoms. The lowest BCUT2D eigenvalue weighted by Crippen LogP contribution is -2.40. The third kappa shape index (κ3) is 2.97. The van der Waals surface area contributed by atoms with Gasteiger partial charge in [-0.05, 0) is 30.7 Å². The number of nitrogens with zero attached hydrogens (tertiary/aromatic N) is 1. The van der Waals surface area contributed by atoms with Crippen molar-refractivity contribution < 1.29 is 26.3 Å². The maximum absolute atomic E-state index is 12.7. The van der Waals surface area contributed by atoms with Gasteiger partial charge in [-0.3, -0.25) is 0 Å². The predicted octanol–water partition coefficient (Wildman–Crippen LogP) is 2.03. The third-order valence-electron chi connectivity index (χ3n) is 3.11. The predicted molar refractivity (Wildman–Crippen MR) is 65.8 cm³/mol. The summed E-state index contributed by atoms with van der Waals surface area (Å²) in [5.74, 6) is 0. The summed E-state index contributed by atoms with van der Waals surface area (Å²) in [5.41, 5.74) is -0.926. The molecule has 0 spiro atoms. The van der Waals surface area contributed by atoms with Gasteiger partial charge in [-0.1, -0.05) is 0 Å². The lowest BCUT2D eigenvalue weighted by molar-refractivity contribution is -0.138. The van der Waals surface area contributed by atoms with E-state index in [0.29, 0.717) is 13.2 Å². The molecule has 8 heteroatoms. The molecule has 1 fully saturated rings. The van der Waals surface area contributed by atoms with E-state index in [0.717, 1.165) is 18.2 Å². The zero-order valence-corrected chi connectivity index (χ0v) is 11.6. The maximum Gasteiger partial charge on any atom is 0.416 e. The first-order valence-corrected chi connectivity index (χ1v) is 7.42. The second kappa shape index (κ2) is 5.34. The number of halogens is 3. The van der Waals surface area contributed by atoms with E-state index in [2.05, 4.69) is 0 Å². The minimum atomic E-state index is -4.48. The van der Waals surface area contributed by atoms with Gasteiger partial charge in [-0.25, -0.2) is 8.42 Å². The Morgan fingerprint density at radius 2 is 1.80 bits per heavy atom. The molecule has 112 valence electrons. The number of aryl methyl sites for hydroxylation is 1. The molecular weight excluding hydrogens is 295 g/mol. The van der Waals surface area contributed by atoms with Crippen molar-refractivity contribution in [1.82, 2.24) is 4.31 Å². The van der Waals surface area contributed by atoms with Crippen LogP contribution in [0.15, 0.2) is 23.1 Å². The number of benzene rings is 1. The summed E-state index contributed by atoms with van der Waals surface area (Å²) in [6.45, 7) is 2.25. The van der Waals surface area contributed by atoms with Crippen molar-refractivity contribution in [1.29, 1.82) is 0 Å². The van der Waals surface area contributed by atoms with Crippen molar-refractivity contribution in [3.8, 4) is 0 Å². The van der Waals surface area contributed by atoms with Crippen molar-refractivity contribution in [2.45, 2.75) is 18.0 Å². The van der Waals surface area contributed by atoms with E-state index in [1.165, 1.54) is 11.2 Å². The average Bonchev–Trinajstić information content (AvgIpc) is 2.38. The van der Waals surface area contributed by atoms with Crippen molar-refractivity contribution in [2.75, 3.05) is 26.3 Å². The highest BCUT2D eigenvalue weighted by atomic mass is 32.2. The Bertz CT molecular complexity index is 592. The zero-order valence-electron chi connectivity index (χ0n) is 10.8. The smallest absolute Gasteiger partial charge is 0.379 e. The van der Waals surface area contributed by atoms with E-state index >= 15 is 0 Å². The fourth-order valence-corrected chi connectivity index (χ4v) is 3.54. The van der Waals surface area contributed by atoms with Crippen molar-refractivity contribution in [3.63, 3.8) is 0 Å². The second-order valence-corrected chi connectivity index (χ2v) is 6.43. The number of ether oxygens (including phenoxy) is 1. The summed E-state index contributed by atoms with van der Waals surface area (Å²) in [6, 6.07) is 2.87. The molecule has 0 atom stereocenters. The van der Waals surface area contributed by atoms with Crippen LogP contribution in [0.2, 0.25) is 0 Å². The second-order valence-electron chi connectivity index (χ2n) is 4.49. The lowest BCUT2D eigenvalue weighted by atomic mass is 10.1. The fraction of sp³-hybridized carbons (Fsp3) is 0.500.